The second-order valence-electron chi connectivity index (χ2n) is 8.71. The molecule has 0 spiro atoms. The number of likely N-dealkylation sites (tertiary alicyclic amines) is 1. The molecule has 3 aromatic carbocycles. The monoisotopic (exact) mass is 485 g/mol. The maximum atomic E-state index is 13.3. The van der Waals surface area contributed by atoms with Crippen molar-refractivity contribution in [2.75, 3.05) is 13.2 Å². The Morgan fingerprint density at radius 2 is 1.50 bits per heavy atom. The third kappa shape index (κ3) is 5.43. The van der Waals surface area contributed by atoms with Crippen molar-refractivity contribution in [3.05, 3.63) is 101 Å². The van der Waals surface area contributed by atoms with E-state index in [9.17, 15) is 14.7 Å². The Bertz CT molecular complexity index is 1230. The quantitative estimate of drug-likeness (QED) is 0.220. The number of rotatable bonds is 10. The average molecular weight is 486 g/mol. The summed E-state index contributed by atoms with van der Waals surface area (Å²) in [6.07, 6.45) is 1.73. The first kappa shape index (κ1) is 25.0. The van der Waals surface area contributed by atoms with Crippen molar-refractivity contribution in [2.45, 2.75) is 39.3 Å². The molecule has 1 heterocycles. The summed E-state index contributed by atoms with van der Waals surface area (Å²) in [5.74, 6) is -0.272. The van der Waals surface area contributed by atoms with Crippen LogP contribution in [-0.4, -0.2) is 34.9 Å². The molecule has 0 aliphatic carbocycles. The number of amides is 1. The highest BCUT2D eigenvalue weighted by Gasteiger charge is 2.46. The van der Waals surface area contributed by atoms with Gasteiger partial charge in [0, 0.05) is 12.1 Å². The van der Waals surface area contributed by atoms with Crippen molar-refractivity contribution < 1.29 is 24.2 Å². The van der Waals surface area contributed by atoms with Gasteiger partial charge < -0.3 is 19.5 Å². The first-order valence-electron chi connectivity index (χ1n) is 12.3. The molecular formula is C30H31NO5. The number of aliphatic hydroxyl groups excluding tert-OH is 1. The number of nitrogens with zero attached hydrogens (tertiary/aromatic N) is 1. The second-order valence-corrected chi connectivity index (χ2v) is 8.71. The van der Waals surface area contributed by atoms with Crippen molar-refractivity contribution in [3.8, 4) is 11.5 Å². The van der Waals surface area contributed by atoms with Crippen LogP contribution in [0, 0.1) is 0 Å². The van der Waals surface area contributed by atoms with E-state index in [-0.39, 0.29) is 17.9 Å². The van der Waals surface area contributed by atoms with E-state index in [4.69, 9.17) is 9.47 Å². The van der Waals surface area contributed by atoms with Crippen LogP contribution in [-0.2, 0) is 16.1 Å². The Hall–Kier alpha value is -4.06. The number of hydrogen-bond donors (Lipinski definition) is 1. The fourth-order valence-corrected chi connectivity index (χ4v) is 4.24. The van der Waals surface area contributed by atoms with Gasteiger partial charge in [-0.3, -0.25) is 9.59 Å². The summed E-state index contributed by atoms with van der Waals surface area (Å²) in [5.41, 5.74) is 2.09. The van der Waals surface area contributed by atoms with Crippen LogP contribution < -0.4 is 9.47 Å². The smallest absolute Gasteiger partial charge is 0.295 e. The first-order chi connectivity index (χ1) is 17.5. The van der Waals surface area contributed by atoms with Gasteiger partial charge in [-0.25, -0.2) is 0 Å². The molecule has 1 aliphatic heterocycles. The molecule has 3 aromatic rings. The fraction of sp³-hybridized carbons (Fsp3) is 0.267. The molecule has 1 amide bonds. The predicted molar refractivity (Wildman–Crippen MR) is 139 cm³/mol. The molecule has 6 heteroatoms. The van der Waals surface area contributed by atoms with Crippen molar-refractivity contribution in [1.82, 2.24) is 4.90 Å². The summed E-state index contributed by atoms with van der Waals surface area (Å²) in [6, 6.07) is 23.0. The molecule has 1 fully saturated rings. The molecule has 0 radical (unpaired) electrons. The minimum absolute atomic E-state index is 0.0609. The molecule has 36 heavy (non-hydrogen) atoms. The minimum atomic E-state index is -0.745. The summed E-state index contributed by atoms with van der Waals surface area (Å²) < 4.78 is 11.4. The van der Waals surface area contributed by atoms with Crippen LogP contribution in [0.25, 0.3) is 5.76 Å². The van der Waals surface area contributed by atoms with Crippen LogP contribution in [0.4, 0.5) is 0 Å². The normalized spacial score (nSPS) is 16.8. The molecule has 1 saturated heterocycles. The van der Waals surface area contributed by atoms with Crippen LogP contribution in [0.3, 0.4) is 0 Å². The maximum absolute atomic E-state index is 13.3. The lowest BCUT2D eigenvalue weighted by Gasteiger charge is -2.25. The maximum Gasteiger partial charge on any atom is 0.295 e. The summed E-state index contributed by atoms with van der Waals surface area (Å²) in [6.45, 7) is 5.42. The topological polar surface area (TPSA) is 76.1 Å². The predicted octanol–water partition coefficient (Wildman–Crippen LogP) is 5.89. The van der Waals surface area contributed by atoms with Crippen LogP contribution in [0.15, 0.2) is 84.4 Å². The molecule has 186 valence electrons. The van der Waals surface area contributed by atoms with Gasteiger partial charge in [0.05, 0.1) is 24.8 Å². The summed E-state index contributed by atoms with van der Waals surface area (Å²) in [7, 11) is 0. The van der Waals surface area contributed by atoms with Gasteiger partial charge in [0.2, 0.25) is 0 Å². The van der Waals surface area contributed by atoms with Crippen LogP contribution in [0.2, 0.25) is 0 Å². The summed E-state index contributed by atoms with van der Waals surface area (Å²) >= 11 is 0. The van der Waals surface area contributed by atoms with Gasteiger partial charge in [0.1, 0.15) is 17.3 Å². The number of benzene rings is 3. The van der Waals surface area contributed by atoms with Crippen molar-refractivity contribution in [1.29, 1.82) is 0 Å². The SMILES string of the molecule is CCCOc1ccc(C2C(=C(O)c3cccc(OCCC)c3)C(=O)C(=O)N2Cc2ccccc2)cc1. The number of carbonyl (C=O) groups excluding carboxylic acids is 2. The Balaban J connectivity index is 1.78. The van der Waals surface area contributed by atoms with E-state index in [0.717, 1.165) is 18.4 Å². The zero-order valence-electron chi connectivity index (χ0n) is 20.6. The van der Waals surface area contributed by atoms with Gasteiger partial charge in [-0.15, -0.1) is 0 Å². The van der Waals surface area contributed by atoms with Gasteiger partial charge in [0.25, 0.3) is 11.7 Å². The number of hydrogen-bond acceptors (Lipinski definition) is 5. The molecule has 0 saturated carbocycles. The van der Waals surface area contributed by atoms with E-state index < -0.39 is 17.7 Å². The lowest BCUT2D eigenvalue weighted by Crippen LogP contribution is -2.29. The minimum Gasteiger partial charge on any atom is -0.507 e. The molecule has 0 aromatic heterocycles. The average Bonchev–Trinajstić information content (AvgIpc) is 3.16. The Labute approximate surface area is 211 Å². The molecule has 4 rings (SSSR count). The van der Waals surface area contributed by atoms with E-state index in [1.54, 1.807) is 24.3 Å². The van der Waals surface area contributed by atoms with Gasteiger partial charge >= 0.3 is 0 Å². The van der Waals surface area contributed by atoms with Crippen LogP contribution in [0.5, 0.6) is 11.5 Å². The largest absolute Gasteiger partial charge is 0.507 e. The number of ketones is 1. The summed E-state index contributed by atoms with van der Waals surface area (Å²) in [4.78, 5) is 28.1. The van der Waals surface area contributed by atoms with E-state index in [1.807, 2.05) is 68.4 Å². The summed E-state index contributed by atoms with van der Waals surface area (Å²) in [5, 5.41) is 11.3. The highest BCUT2D eigenvalue weighted by molar-refractivity contribution is 6.46. The van der Waals surface area contributed by atoms with E-state index >= 15 is 0 Å². The fourth-order valence-electron chi connectivity index (χ4n) is 4.24. The van der Waals surface area contributed by atoms with E-state index in [2.05, 4.69) is 0 Å². The van der Waals surface area contributed by atoms with Gasteiger partial charge in [-0.2, -0.15) is 0 Å². The van der Waals surface area contributed by atoms with Crippen molar-refractivity contribution in [3.63, 3.8) is 0 Å². The van der Waals surface area contributed by atoms with Crippen LogP contribution in [0.1, 0.15) is 49.4 Å². The van der Waals surface area contributed by atoms with Gasteiger partial charge in [0.15, 0.2) is 0 Å². The molecule has 1 atom stereocenters. The second kappa shape index (κ2) is 11.6. The molecule has 1 N–H and O–H groups in total. The Morgan fingerprint density at radius 1 is 0.833 bits per heavy atom. The first-order valence-corrected chi connectivity index (χ1v) is 12.3. The Kier molecular flexibility index (Phi) is 8.06. The molecule has 1 aliphatic rings. The van der Waals surface area contributed by atoms with E-state index in [0.29, 0.717) is 35.8 Å². The lowest BCUT2D eigenvalue weighted by molar-refractivity contribution is -0.140. The van der Waals surface area contributed by atoms with Crippen LogP contribution >= 0.6 is 0 Å². The Morgan fingerprint density at radius 3 is 2.17 bits per heavy atom. The zero-order valence-corrected chi connectivity index (χ0v) is 20.6. The van der Waals surface area contributed by atoms with Crippen molar-refractivity contribution >= 4 is 17.4 Å². The van der Waals surface area contributed by atoms with Crippen molar-refractivity contribution in [2.24, 2.45) is 0 Å². The van der Waals surface area contributed by atoms with Gasteiger partial charge in [-0.05, 0) is 48.2 Å². The highest BCUT2D eigenvalue weighted by Crippen LogP contribution is 2.41. The van der Waals surface area contributed by atoms with E-state index in [1.165, 1.54) is 4.90 Å². The number of Topliss-reactive ketones (excluding diaryl/α,β-unsaturated/α-hetero) is 1. The molecular weight excluding hydrogens is 454 g/mol. The number of aliphatic hydroxyl groups is 1. The number of ether oxygens (including phenoxy) is 2. The zero-order chi connectivity index (χ0) is 25.5. The standard InChI is InChI=1S/C30H31NO5/c1-3-17-35-24-15-13-22(14-16-24)27-26(28(32)23-11-8-12-25(19-23)36-18-4-2)29(33)30(34)31(27)20-21-9-6-5-7-10-21/h5-16,19,27,32H,3-4,17-18,20H2,1-2H3. The molecule has 1 unspecified atom stereocenters. The third-order valence-corrected chi connectivity index (χ3v) is 5.98. The molecule has 0 bridgehead atoms. The third-order valence-electron chi connectivity index (χ3n) is 5.98. The number of carbonyl (C=O) groups is 2. The highest BCUT2D eigenvalue weighted by atomic mass is 16.5. The van der Waals surface area contributed by atoms with Gasteiger partial charge in [-0.1, -0.05) is 68.4 Å². The molecule has 6 nitrogen and oxygen atoms in total. The lowest BCUT2D eigenvalue weighted by atomic mass is 9.95.